The van der Waals surface area contributed by atoms with Crippen LogP contribution in [0.5, 0.6) is 0 Å². The van der Waals surface area contributed by atoms with Gasteiger partial charge in [0.15, 0.2) is 0 Å². The summed E-state index contributed by atoms with van der Waals surface area (Å²) in [5.41, 5.74) is 1.36. The normalized spacial score (nSPS) is 11.1. The zero-order chi connectivity index (χ0) is 9.68. The number of nitrogens with one attached hydrogen (secondary N) is 1. The van der Waals surface area contributed by atoms with Crippen molar-refractivity contribution in [3.63, 3.8) is 0 Å². The number of likely N-dealkylation sites (N-methyl/N-ethyl adjacent to an activating group) is 1. The van der Waals surface area contributed by atoms with E-state index in [0.29, 0.717) is 0 Å². The monoisotopic (exact) mass is 262 g/mol. The maximum atomic E-state index is 3.45. The first kappa shape index (κ1) is 11.2. The van der Waals surface area contributed by atoms with E-state index in [9.17, 15) is 0 Å². The van der Waals surface area contributed by atoms with Crippen molar-refractivity contribution in [2.24, 2.45) is 0 Å². The first-order valence-corrected chi connectivity index (χ1v) is 5.94. The van der Waals surface area contributed by atoms with Gasteiger partial charge in [-0.1, -0.05) is 0 Å². The fourth-order valence-electron chi connectivity index (χ4n) is 0.974. The number of thiophene rings is 1. The van der Waals surface area contributed by atoms with Crippen molar-refractivity contribution < 1.29 is 0 Å². The topological polar surface area (TPSA) is 15.3 Å². The first-order chi connectivity index (χ1) is 6.18. The minimum absolute atomic E-state index is 0.968. The Bertz CT molecular complexity index is 248. The van der Waals surface area contributed by atoms with Crippen LogP contribution in [0, 0.1) is 0 Å². The molecule has 13 heavy (non-hydrogen) atoms. The smallest absolute Gasteiger partial charge is 0.0701 e. The second kappa shape index (κ2) is 5.75. The summed E-state index contributed by atoms with van der Waals surface area (Å²) in [5.74, 6) is 0. The van der Waals surface area contributed by atoms with Gasteiger partial charge in [-0.05, 0) is 47.0 Å². The largest absolute Gasteiger partial charge is 0.311 e. The third kappa shape index (κ3) is 4.76. The van der Waals surface area contributed by atoms with Gasteiger partial charge in [0.05, 0.1) is 3.79 Å². The average Bonchev–Trinajstić information content (AvgIpc) is 2.45. The lowest BCUT2D eigenvalue weighted by Crippen LogP contribution is -2.25. The summed E-state index contributed by atoms with van der Waals surface area (Å²) in [6.45, 7) is 3.10. The van der Waals surface area contributed by atoms with Gasteiger partial charge in [0.1, 0.15) is 0 Å². The van der Waals surface area contributed by atoms with Crippen LogP contribution in [0.3, 0.4) is 0 Å². The maximum Gasteiger partial charge on any atom is 0.0701 e. The molecule has 0 unspecified atom stereocenters. The van der Waals surface area contributed by atoms with Crippen molar-refractivity contribution in [2.75, 3.05) is 27.2 Å². The van der Waals surface area contributed by atoms with Gasteiger partial charge in [-0.15, -0.1) is 11.3 Å². The Labute approximate surface area is 92.1 Å². The van der Waals surface area contributed by atoms with Crippen molar-refractivity contribution in [3.05, 3.63) is 20.8 Å². The Morgan fingerprint density at radius 1 is 1.54 bits per heavy atom. The Morgan fingerprint density at radius 3 is 2.85 bits per heavy atom. The minimum Gasteiger partial charge on any atom is -0.311 e. The van der Waals surface area contributed by atoms with Crippen LogP contribution in [-0.4, -0.2) is 32.1 Å². The molecule has 1 rings (SSSR count). The molecule has 0 aliphatic heterocycles. The molecule has 74 valence electrons. The van der Waals surface area contributed by atoms with E-state index in [1.165, 1.54) is 9.35 Å². The molecule has 2 nitrogen and oxygen atoms in total. The highest BCUT2D eigenvalue weighted by atomic mass is 79.9. The molecule has 0 saturated heterocycles. The fourth-order valence-corrected chi connectivity index (χ4v) is 2.18. The second-order valence-corrected chi connectivity index (χ2v) is 5.53. The molecule has 1 N–H and O–H groups in total. The van der Waals surface area contributed by atoms with Gasteiger partial charge in [-0.3, -0.25) is 0 Å². The van der Waals surface area contributed by atoms with Gasteiger partial charge in [-0.25, -0.2) is 0 Å². The van der Waals surface area contributed by atoms with Crippen molar-refractivity contribution in [1.29, 1.82) is 0 Å². The van der Waals surface area contributed by atoms with E-state index in [2.05, 4.69) is 51.7 Å². The lowest BCUT2D eigenvalue weighted by molar-refractivity contribution is 0.400. The molecule has 0 atom stereocenters. The molecular weight excluding hydrogens is 248 g/mol. The van der Waals surface area contributed by atoms with E-state index in [-0.39, 0.29) is 0 Å². The molecule has 0 fully saturated rings. The lowest BCUT2D eigenvalue weighted by Gasteiger charge is -2.09. The number of hydrogen-bond donors (Lipinski definition) is 1. The maximum absolute atomic E-state index is 3.45. The molecule has 0 saturated carbocycles. The van der Waals surface area contributed by atoms with E-state index in [1.54, 1.807) is 11.3 Å². The third-order valence-electron chi connectivity index (χ3n) is 1.69. The third-order valence-corrected chi connectivity index (χ3v) is 3.24. The van der Waals surface area contributed by atoms with Crippen LogP contribution in [0.15, 0.2) is 15.2 Å². The fraction of sp³-hybridized carbons (Fsp3) is 0.556. The van der Waals surface area contributed by atoms with Crippen LogP contribution < -0.4 is 5.32 Å². The van der Waals surface area contributed by atoms with Crippen LogP contribution in [0.4, 0.5) is 0 Å². The van der Waals surface area contributed by atoms with Gasteiger partial charge < -0.3 is 10.2 Å². The molecular formula is C9H15BrN2S. The van der Waals surface area contributed by atoms with E-state index >= 15 is 0 Å². The van der Waals surface area contributed by atoms with Crippen molar-refractivity contribution in [1.82, 2.24) is 10.2 Å². The Balaban J connectivity index is 2.13. The van der Waals surface area contributed by atoms with E-state index in [1.807, 2.05) is 0 Å². The Kier molecular flexibility index (Phi) is 4.94. The zero-order valence-electron chi connectivity index (χ0n) is 8.01. The van der Waals surface area contributed by atoms with Crippen LogP contribution in [0.1, 0.15) is 5.56 Å². The molecule has 1 aromatic heterocycles. The summed E-state index contributed by atoms with van der Waals surface area (Å²) < 4.78 is 1.21. The quantitative estimate of drug-likeness (QED) is 0.819. The van der Waals surface area contributed by atoms with E-state index in [4.69, 9.17) is 0 Å². The van der Waals surface area contributed by atoms with Gasteiger partial charge >= 0.3 is 0 Å². The highest BCUT2D eigenvalue weighted by Gasteiger charge is 1.96. The molecule has 1 heterocycles. The number of rotatable bonds is 5. The Hall–Kier alpha value is 0.100. The SMILES string of the molecule is CN(C)CCNCc1csc(Br)c1. The van der Waals surface area contributed by atoms with Gasteiger partial charge in [0, 0.05) is 19.6 Å². The van der Waals surface area contributed by atoms with Crippen molar-refractivity contribution >= 4 is 27.3 Å². The van der Waals surface area contributed by atoms with Gasteiger partial charge in [-0.2, -0.15) is 0 Å². The summed E-state index contributed by atoms with van der Waals surface area (Å²) in [6, 6.07) is 2.16. The van der Waals surface area contributed by atoms with E-state index < -0.39 is 0 Å². The van der Waals surface area contributed by atoms with E-state index in [0.717, 1.165) is 19.6 Å². The molecule has 0 spiro atoms. The highest BCUT2D eigenvalue weighted by molar-refractivity contribution is 9.11. The first-order valence-electron chi connectivity index (χ1n) is 4.27. The lowest BCUT2D eigenvalue weighted by atomic mass is 10.3. The molecule has 0 amide bonds. The summed E-state index contributed by atoms with van der Waals surface area (Å²) >= 11 is 5.18. The molecule has 0 aliphatic rings. The average molecular weight is 263 g/mol. The van der Waals surface area contributed by atoms with Crippen LogP contribution in [-0.2, 0) is 6.54 Å². The van der Waals surface area contributed by atoms with Crippen LogP contribution in [0.25, 0.3) is 0 Å². The molecule has 0 aliphatic carbocycles. The minimum atomic E-state index is 0.968. The second-order valence-electron chi connectivity index (χ2n) is 3.24. The summed E-state index contributed by atoms with van der Waals surface area (Å²) in [7, 11) is 4.17. The van der Waals surface area contributed by atoms with Gasteiger partial charge in [0.25, 0.3) is 0 Å². The number of hydrogen-bond acceptors (Lipinski definition) is 3. The van der Waals surface area contributed by atoms with Crippen molar-refractivity contribution in [3.8, 4) is 0 Å². The number of nitrogens with zero attached hydrogens (tertiary/aromatic N) is 1. The molecule has 0 bridgehead atoms. The highest BCUT2D eigenvalue weighted by Crippen LogP contribution is 2.20. The molecule has 0 aromatic carbocycles. The van der Waals surface area contributed by atoms with Crippen LogP contribution in [0.2, 0.25) is 0 Å². The van der Waals surface area contributed by atoms with Gasteiger partial charge in [0.2, 0.25) is 0 Å². The van der Waals surface area contributed by atoms with Crippen molar-refractivity contribution in [2.45, 2.75) is 6.54 Å². The molecule has 0 radical (unpaired) electrons. The molecule has 1 aromatic rings. The summed E-state index contributed by atoms with van der Waals surface area (Å²) in [4.78, 5) is 2.18. The Morgan fingerprint density at radius 2 is 2.31 bits per heavy atom. The number of halogens is 1. The standard InChI is InChI=1S/C9H15BrN2S/c1-12(2)4-3-11-6-8-5-9(10)13-7-8/h5,7,11H,3-4,6H2,1-2H3. The summed E-state index contributed by atoms with van der Waals surface area (Å²) in [5, 5.41) is 5.56. The zero-order valence-corrected chi connectivity index (χ0v) is 10.4. The van der Waals surface area contributed by atoms with Crippen LogP contribution >= 0.6 is 27.3 Å². The summed E-state index contributed by atoms with van der Waals surface area (Å²) in [6.07, 6.45) is 0. The predicted octanol–water partition coefficient (Wildman–Crippen LogP) is 2.16. The molecule has 4 heteroatoms. The predicted molar refractivity (Wildman–Crippen MR) is 62.3 cm³/mol.